The summed E-state index contributed by atoms with van der Waals surface area (Å²) in [6, 6.07) is 2.86. The van der Waals surface area contributed by atoms with Crippen LogP contribution in [-0.2, 0) is 6.54 Å². The van der Waals surface area contributed by atoms with E-state index in [1.165, 1.54) is 36.9 Å². The molecule has 2 rings (SSSR count). The molecule has 0 aliphatic heterocycles. The van der Waals surface area contributed by atoms with Crippen LogP contribution in [0.4, 0.5) is 5.69 Å². The summed E-state index contributed by atoms with van der Waals surface area (Å²) >= 11 is 0. The number of nitrogens with zero attached hydrogens (tertiary/aromatic N) is 2. The van der Waals surface area contributed by atoms with Gasteiger partial charge in [-0.1, -0.05) is 12.8 Å². The molecular formula is C14H23N3. The number of hydrogen-bond donors (Lipinski definition) is 1. The Morgan fingerprint density at radius 2 is 2.00 bits per heavy atom. The SMILES string of the molecule is Cc1cc(N(C)C2CCCC2)c(CN)c(C)n1. The fourth-order valence-electron chi connectivity index (χ4n) is 2.89. The van der Waals surface area contributed by atoms with Gasteiger partial charge in [0.2, 0.25) is 0 Å². The van der Waals surface area contributed by atoms with Gasteiger partial charge in [0.25, 0.3) is 0 Å². The zero-order valence-corrected chi connectivity index (χ0v) is 11.2. The van der Waals surface area contributed by atoms with Crippen LogP contribution in [0.3, 0.4) is 0 Å². The van der Waals surface area contributed by atoms with Crippen molar-refractivity contribution in [3.05, 3.63) is 23.0 Å². The number of pyridine rings is 1. The first kappa shape index (κ1) is 12.4. The molecule has 1 saturated carbocycles. The summed E-state index contributed by atoms with van der Waals surface area (Å²) in [7, 11) is 2.20. The van der Waals surface area contributed by atoms with Crippen LogP contribution < -0.4 is 10.6 Å². The second-order valence-electron chi connectivity index (χ2n) is 5.10. The number of rotatable bonds is 3. The smallest absolute Gasteiger partial charge is 0.0448 e. The Bertz CT molecular complexity index is 395. The highest BCUT2D eigenvalue weighted by molar-refractivity contribution is 5.56. The van der Waals surface area contributed by atoms with Crippen LogP contribution >= 0.6 is 0 Å². The van der Waals surface area contributed by atoms with Crippen LogP contribution in [0, 0.1) is 13.8 Å². The Morgan fingerprint density at radius 1 is 1.35 bits per heavy atom. The van der Waals surface area contributed by atoms with Gasteiger partial charge in [0.1, 0.15) is 0 Å². The summed E-state index contributed by atoms with van der Waals surface area (Å²) in [5.74, 6) is 0. The third kappa shape index (κ3) is 2.44. The summed E-state index contributed by atoms with van der Waals surface area (Å²) in [6.07, 6.45) is 5.33. The van der Waals surface area contributed by atoms with Crippen LogP contribution in [0.15, 0.2) is 6.07 Å². The van der Waals surface area contributed by atoms with Crippen molar-refractivity contribution in [1.82, 2.24) is 4.98 Å². The van der Waals surface area contributed by atoms with Gasteiger partial charge in [0, 0.05) is 42.3 Å². The summed E-state index contributed by atoms with van der Waals surface area (Å²) in [6.45, 7) is 4.69. The van der Waals surface area contributed by atoms with Crippen LogP contribution in [-0.4, -0.2) is 18.1 Å². The second kappa shape index (κ2) is 5.05. The Hall–Kier alpha value is -1.09. The van der Waals surface area contributed by atoms with Crippen molar-refractivity contribution in [1.29, 1.82) is 0 Å². The molecule has 3 heteroatoms. The summed E-state index contributed by atoms with van der Waals surface area (Å²) < 4.78 is 0. The predicted octanol–water partition coefficient (Wildman–Crippen LogP) is 2.54. The largest absolute Gasteiger partial charge is 0.371 e. The molecule has 0 saturated heterocycles. The molecule has 1 aromatic rings. The molecule has 1 heterocycles. The highest BCUT2D eigenvalue weighted by atomic mass is 15.1. The maximum absolute atomic E-state index is 5.87. The Balaban J connectivity index is 2.35. The molecule has 0 radical (unpaired) electrons. The van der Waals surface area contributed by atoms with Gasteiger partial charge in [0.15, 0.2) is 0 Å². The standard InChI is InChI=1S/C14H23N3/c1-10-8-14(13(9-15)11(2)16-10)17(3)12-6-4-5-7-12/h8,12H,4-7,9,15H2,1-3H3. The lowest BCUT2D eigenvalue weighted by Gasteiger charge is -2.29. The van der Waals surface area contributed by atoms with E-state index >= 15 is 0 Å². The molecule has 1 fully saturated rings. The van der Waals surface area contributed by atoms with Crippen molar-refractivity contribution >= 4 is 5.69 Å². The van der Waals surface area contributed by atoms with Crippen LogP contribution in [0.1, 0.15) is 42.6 Å². The average Bonchev–Trinajstić information content (AvgIpc) is 2.80. The van der Waals surface area contributed by atoms with Crippen molar-refractivity contribution in [2.45, 2.75) is 52.1 Å². The highest BCUT2D eigenvalue weighted by Crippen LogP contribution is 2.30. The third-order valence-electron chi connectivity index (χ3n) is 3.89. The van der Waals surface area contributed by atoms with E-state index in [-0.39, 0.29) is 0 Å². The molecule has 0 unspecified atom stereocenters. The minimum atomic E-state index is 0.575. The van der Waals surface area contributed by atoms with Gasteiger partial charge in [-0.05, 0) is 32.8 Å². The van der Waals surface area contributed by atoms with Crippen molar-refractivity contribution in [2.24, 2.45) is 5.73 Å². The van der Waals surface area contributed by atoms with Crippen molar-refractivity contribution in [3.8, 4) is 0 Å². The summed E-state index contributed by atoms with van der Waals surface area (Å²) in [4.78, 5) is 6.92. The van der Waals surface area contributed by atoms with Gasteiger partial charge >= 0.3 is 0 Å². The summed E-state index contributed by atoms with van der Waals surface area (Å²) in [5.41, 5.74) is 10.5. The van der Waals surface area contributed by atoms with Gasteiger partial charge in [0.05, 0.1) is 0 Å². The maximum Gasteiger partial charge on any atom is 0.0448 e. The predicted molar refractivity (Wildman–Crippen MR) is 72.3 cm³/mol. The number of aryl methyl sites for hydroxylation is 2. The molecule has 0 bridgehead atoms. The van der Waals surface area contributed by atoms with E-state index in [1.807, 2.05) is 0 Å². The minimum absolute atomic E-state index is 0.575. The fourth-order valence-corrected chi connectivity index (χ4v) is 2.89. The highest BCUT2D eigenvalue weighted by Gasteiger charge is 2.22. The molecule has 0 spiro atoms. The first-order chi connectivity index (χ1) is 8.13. The van der Waals surface area contributed by atoms with Gasteiger partial charge in [-0.15, -0.1) is 0 Å². The number of aromatic nitrogens is 1. The molecule has 1 aromatic heterocycles. The summed E-state index contributed by atoms with van der Waals surface area (Å²) in [5, 5.41) is 0. The first-order valence-electron chi connectivity index (χ1n) is 6.53. The van der Waals surface area contributed by atoms with Crippen LogP contribution in [0.25, 0.3) is 0 Å². The number of nitrogens with two attached hydrogens (primary N) is 1. The van der Waals surface area contributed by atoms with Gasteiger partial charge in [-0.2, -0.15) is 0 Å². The Kier molecular flexibility index (Phi) is 3.67. The van der Waals surface area contributed by atoms with E-state index in [4.69, 9.17) is 5.73 Å². The molecule has 17 heavy (non-hydrogen) atoms. The molecule has 3 nitrogen and oxygen atoms in total. The minimum Gasteiger partial charge on any atom is -0.371 e. The van der Waals surface area contributed by atoms with E-state index in [0.717, 1.165) is 11.4 Å². The van der Waals surface area contributed by atoms with Gasteiger partial charge in [-0.3, -0.25) is 4.98 Å². The van der Waals surface area contributed by atoms with Crippen LogP contribution in [0.2, 0.25) is 0 Å². The van der Waals surface area contributed by atoms with Gasteiger partial charge in [-0.25, -0.2) is 0 Å². The van der Waals surface area contributed by atoms with Crippen molar-refractivity contribution < 1.29 is 0 Å². The van der Waals surface area contributed by atoms with E-state index in [1.54, 1.807) is 0 Å². The zero-order chi connectivity index (χ0) is 12.4. The Morgan fingerprint density at radius 3 is 2.59 bits per heavy atom. The normalized spacial score (nSPS) is 16.5. The van der Waals surface area contributed by atoms with Gasteiger partial charge < -0.3 is 10.6 Å². The van der Waals surface area contributed by atoms with E-state index in [9.17, 15) is 0 Å². The number of anilines is 1. The van der Waals surface area contributed by atoms with Crippen LogP contribution in [0.5, 0.6) is 0 Å². The third-order valence-corrected chi connectivity index (χ3v) is 3.89. The van der Waals surface area contributed by atoms with Crippen molar-refractivity contribution in [2.75, 3.05) is 11.9 Å². The molecule has 0 amide bonds. The Labute approximate surface area is 104 Å². The molecule has 0 aromatic carbocycles. The fraction of sp³-hybridized carbons (Fsp3) is 0.643. The lowest BCUT2D eigenvalue weighted by molar-refractivity contribution is 0.649. The lowest BCUT2D eigenvalue weighted by atomic mass is 10.1. The molecule has 94 valence electrons. The molecule has 2 N–H and O–H groups in total. The average molecular weight is 233 g/mol. The first-order valence-corrected chi connectivity index (χ1v) is 6.53. The molecular weight excluding hydrogens is 210 g/mol. The van der Waals surface area contributed by atoms with E-state index in [2.05, 4.69) is 36.8 Å². The van der Waals surface area contributed by atoms with E-state index in [0.29, 0.717) is 12.6 Å². The number of hydrogen-bond acceptors (Lipinski definition) is 3. The topological polar surface area (TPSA) is 42.1 Å². The maximum atomic E-state index is 5.87. The van der Waals surface area contributed by atoms with Crippen molar-refractivity contribution in [3.63, 3.8) is 0 Å². The molecule has 1 aliphatic rings. The quantitative estimate of drug-likeness (QED) is 0.872. The monoisotopic (exact) mass is 233 g/mol. The lowest BCUT2D eigenvalue weighted by Crippen LogP contribution is -2.30. The molecule has 1 aliphatic carbocycles. The van der Waals surface area contributed by atoms with E-state index < -0.39 is 0 Å². The second-order valence-corrected chi connectivity index (χ2v) is 5.10. The molecule has 0 atom stereocenters. The zero-order valence-electron chi connectivity index (χ0n) is 11.2.